The summed E-state index contributed by atoms with van der Waals surface area (Å²) in [5, 5.41) is 5.04. The van der Waals surface area contributed by atoms with Crippen LogP contribution < -0.4 is 5.32 Å². The largest absolute Gasteiger partial charge is 0.325 e. The van der Waals surface area contributed by atoms with Crippen LogP contribution in [-0.4, -0.2) is 49.7 Å². The van der Waals surface area contributed by atoms with E-state index < -0.39 is 10.0 Å². The Balaban J connectivity index is 1.33. The van der Waals surface area contributed by atoms with Gasteiger partial charge in [0.2, 0.25) is 15.9 Å². The molecule has 0 bridgehead atoms. The van der Waals surface area contributed by atoms with E-state index in [0.717, 1.165) is 25.8 Å². The van der Waals surface area contributed by atoms with Crippen molar-refractivity contribution in [3.05, 3.63) is 82.0 Å². The fraction of sp³-hybridized carbons (Fsp3) is 0.320. The van der Waals surface area contributed by atoms with Crippen LogP contribution in [0.1, 0.15) is 34.9 Å². The standard InChI is InChI=1S/C25H27N3O3S2/c29-24(26-20-9-6-10-21(17-20)33(30,31)28-13-4-5-14-28)18-27-15-11-23-22(12-16-32-23)25(27)19-7-2-1-3-8-19/h1-3,6-10,12,16-17,25H,4-5,11,13-15,18H2,(H,26,29). The molecule has 1 amide bonds. The third-order valence-corrected chi connectivity index (χ3v) is 9.24. The third-order valence-electron chi connectivity index (χ3n) is 6.35. The van der Waals surface area contributed by atoms with E-state index >= 15 is 0 Å². The lowest BCUT2D eigenvalue weighted by Crippen LogP contribution is -2.40. The molecule has 1 fully saturated rings. The molecule has 6 nitrogen and oxygen atoms in total. The molecule has 8 heteroatoms. The third kappa shape index (κ3) is 4.61. The molecule has 2 aliphatic heterocycles. The molecule has 1 N–H and O–H groups in total. The van der Waals surface area contributed by atoms with Crippen molar-refractivity contribution in [2.24, 2.45) is 0 Å². The second kappa shape index (κ2) is 9.38. The molecule has 1 aromatic heterocycles. The van der Waals surface area contributed by atoms with Gasteiger partial charge >= 0.3 is 0 Å². The van der Waals surface area contributed by atoms with Crippen LogP contribution in [0.3, 0.4) is 0 Å². The molecule has 2 aliphatic rings. The molecule has 5 rings (SSSR count). The number of hydrogen-bond donors (Lipinski definition) is 1. The van der Waals surface area contributed by atoms with E-state index in [1.807, 2.05) is 18.2 Å². The van der Waals surface area contributed by atoms with E-state index in [1.165, 1.54) is 20.3 Å². The van der Waals surface area contributed by atoms with Gasteiger partial charge in [0.05, 0.1) is 17.5 Å². The summed E-state index contributed by atoms with van der Waals surface area (Å²) in [6.07, 6.45) is 2.70. The normalized spacial score (nSPS) is 19.3. The summed E-state index contributed by atoms with van der Waals surface area (Å²) in [6, 6.07) is 19.0. The van der Waals surface area contributed by atoms with Crippen LogP contribution >= 0.6 is 11.3 Å². The quantitative estimate of drug-likeness (QED) is 0.575. The van der Waals surface area contributed by atoms with Gasteiger partial charge in [-0.25, -0.2) is 8.42 Å². The molecular weight excluding hydrogens is 454 g/mol. The number of anilines is 1. The van der Waals surface area contributed by atoms with Gasteiger partial charge < -0.3 is 5.32 Å². The first-order valence-electron chi connectivity index (χ1n) is 11.3. The molecule has 0 aliphatic carbocycles. The van der Waals surface area contributed by atoms with E-state index in [9.17, 15) is 13.2 Å². The van der Waals surface area contributed by atoms with Crippen LogP contribution in [0.4, 0.5) is 5.69 Å². The average molecular weight is 482 g/mol. The summed E-state index contributed by atoms with van der Waals surface area (Å²) in [7, 11) is -3.52. The topological polar surface area (TPSA) is 69.7 Å². The predicted molar refractivity (Wildman–Crippen MR) is 131 cm³/mol. The number of nitrogens with one attached hydrogen (secondary N) is 1. The fourth-order valence-electron chi connectivity index (χ4n) is 4.76. The number of amides is 1. The molecule has 33 heavy (non-hydrogen) atoms. The van der Waals surface area contributed by atoms with Crippen LogP contribution in [0.2, 0.25) is 0 Å². The second-order valence-electron chi connectivity index (χ2n) is 8.52. The molecule has 0 radical (unpaired) electrons. The number of carbonyl (C=O) groups excluding carboxylic acids is 1. The van der Waals surface area contributed by atoms with Crippen LogP contribution in [0.5, 0.6) is 0 Å². The Hall–Kier alpha value is -2.52. The highest BCUT2D eigenvalue weighted by molar-refractivity contribution is 7.89. The van der Waals surface area contributed by atoms with Gasteiger partial charge in [0, 0.05) is 30.2 Å². The van der Waals surface area contributed by atoms with E-state index in [2.05, 4.69) is 33.8 Å². The summed E-state index contributed by atoms with van der Waals surface area (Å²) in [4.78, 5) is 16.8. The Morgan fingerprint density at radius 2 is 1.79 bits per heavy atom. The number of carbonyl (C=O) groups is 1. The highest BCUT2D eigenvalue weighted by Crippen LogP contribution is 2.37. The maximum atomic E-state index is 13.0. The summed E-state index contributed by atoms with van der Waals surface area (Å²) in [6.45, 7) is 2.14. The number of rotatable bonds is 6. The molecular formula is C25H27N3O3S2. The molecule has 0 saturated carbocycles. The minimum Gasteiger partial charge on any atom is -0.325 e. The lowest BCUT2D eigenvalue weighted by molar-refractivity contribution is -0.117. The van der Waals surface area contributed by atoms with Gasteiger partial charge in [0.25, 0.3) is 0 Å². The van der Waals surface area contributed by atoms with Crippen molar-refractivity contribution in [2.75, 3.05) is 31.5 Å². The van der Waals surface area contributed by atoms with E-state index in [-0.39, 0.29) is 23.4 Å². The average Bonchev–Trinajstić information content (AvgIpc) is 3.52. The van der Waals surface area contributed by atoms with Crippen LogP contribution in [-0.2, 0) is 21.2 Å². The zero-order valence-corrected chi connectivity index (χ0v) is 19.9. The minimum atomic E-state index is -3.52. The summed E-state index contributed by atoms with van der Waals surface area (Å²) in [5.74, 6) is -0.148. The Bertz CT molecular complexity index is 1230. The number of hydrogen-bond acceptors (Lipinski definition) is 5. The molecule has 2 aromatic carbocycles. The maximum Gasteiger partial charge on any atom is 0.243 e. The van der Waals surface area contributed by atoms with Crippen molar-refractivity contribution in [3.63, 3.8) is 0 Å². The van der Waals surface area contributed by atoms with Crippen LogP contribution in [0, 0.1) is 0 Å². The number of sulfonamides is 1. The first-order chi connectivity index (χ1) is 16.0. The number of thiophene rings is 1. The molecule has 0 spiro atoms. The zero-order valence-electron chi connectivity index (χ0n) is 18.3. The Morgan fingerprint density at radius 3 is 2.58 bits per heavy atom. The summed E-state index contributed by atoms with van der Waals surface area (Å²) < 4.78 is 27.3. The molecule has 3 aromatic rings. The zero-order chi connectivity index (χ0) is 22.8. The van der Waals surface area contributed by atoms with E-state index in [4.69, 9.17) is 0 Å². The van der Waals surface area contributed by atoms with Crippen molar-refractivity contribution < 1.29 is 13.2 Å². The minimum absolute atomic E-state index is 0.0360. The molecule has 1 saturated heterocycles. The Morgan fingerprint density at radius 1 is 1.00 bits per heavy atom. The van der Waals surface area contributed by atoms with Crippen molar-refractivity contribution in [1.29, 1.82) is 0 Å². The van der Waals surface area contributed by atoms with Crippen LogP contribution in [0.15, 0.2) is 70.9 Å². The van der Waals surface area contributed by atoms with Gasteiger partial charge in [-0.3, -0.25) is 9.69 Å². The Labute approximate surface area is 198 Å². The molecule has 1 atom stereocenters. The van der Waals surface area contributed by atoms with Gasteiger partial charge in [-0.05, 0) is 60.0 Å². The molecule has 1 unspecified atom stereocenters. The summed E-state index contributed by atoms with van der Waals surface area (Å²) >= 11 is 1.77. The first-order valence-corrected chi connectivity index (χ1v) is 13.6. The monoisotopic (exact) mass is 481 g/mol. The van der Waals surface area contributed by atoms with Crippen LogP contribution in [0.25, 0.3) is 0 Å². The highest BCUT2D eigenvalue weighted by Gasteiger charge is 2.31. The van der Waals surface area contributed by atoms with Gasteiger partial charge in [-0.2, -0.15) is 4.31 Å². The smallest absolute Gasteiger partial charge is 0.243 e. The van der Waals surface area contributed by atoms with Crippen molar-refractivity contribution in [2.45, 2.75) is 30.2 Å². The highest BCUT2D eigenvalue weighted by atomic mass is 32.2. The van der Waals surface area contributed by atoms with E-state index in [1.54, 1.807) is 35.6 Å². The maximum absolute atomic E-state index is 13.0. The Kier molecular flexibility index (Phi) is 6.34. The summed E-state index contributed by atoms with van der Waals surface area (Å²) in [5.41, 5.74) is 2.94. The lowest BCUT2D eigenvalue weighted by atomic mass is 9.93. The van der Waals surface area contributed by atoms with Gasteiger partial charge in [0.1, 0.15) is 0 Å². The van der Waals surface area contributed by atoms with Crippen molar-refractivity contribution >= 4 is 33.0 Å². The number of fused-ring (bicyclic) bond motifs is 1. The van der Waals surface area contributed by atoms with Crippen molar-refractivity contribution in [3.8, 4) is 0 Å². The van der Waals surface area contributed by atoms with Gasteiger partial charge in [0.15, 0.2) is 0 Å². The van der Waals surface area contributed by atoms with Crippen molar-refractivity contribution in [1.82, 2.24) is 9.21 Å². The first kappa shape index (κ1) is 22.3. The molecule has 172 valence electrons. The van der Waals surface area contributed by atoms with E-state index in [0.29, 0.717) is 18.8 Å². The second-order valence-corrected chi connectivity index (χ2v) is 11.5. The van der Waals surface area contributed by atoms with Gasteiger partial charge in [-0.1, -0.05) is 36.4 Å². The number of benzene rings is 2. The van der Waals surface area contributed by atoms with Gasteiger partial charge in [-0.15, -0.1) is 11.3 Å². The predicted octanol–water partition coefficient (Wildman–Crippen LogP) is 4.12. The fourth-order valence-corrected chi connectivity index (χ4v) is 7.23. The molecule has 3 heterocycles. The number of nitrogens with zero attached hydrogens (tertiary/aromatic N) is 2. The lowest BCUT2D eigenvalue weighted by Gasteiger charge is -2.35. The SMILES string of the molecule is O=C(CN1CCc2sccc2C1c1ccccc1)Nc1cccc(S(=O)(=O)N2CCCC2)c1.